The molecule has 0 spiro atoms. The fraction of sp³-hybridized carbons (Fsp3) is 0.0714. The molecule has 2 rings (SSSR count). The van der Waals surface area contributed by atoms with Crippen LogP contribution in [0.1, 0.15) is 11.1 Å². The van der Waals surface area contributed by atoms with Crippen molar-refractivity contribution in [1.29, 1.82) is 0 Å². The summed E-state index contributed by atoms with van der Waals surface area (Å²) < 4.78 is 0. The Bertz CT molecular complexity index is 607. The topological polar surface area (TPSA) is 70.6 Å². The predicted octanol–water partition coefficient (Wildman–Crippen LogP) is 3.70. The monoisotopic (exact) mass is 309 g/mol. The Labute approximate surface area is 126 Å². The van der Waals surface area contributed by atoms with Crippen molar-refractivity contribution in [2.45, 2.75) is 6.54 Å². The van der Waals surface area contributed by atoms with E-state index in [0.29, 0.717) is 27.8 Å². The number of para-hydroxylation sites is 1. The van der Waals surface area contributed by atoms with Gasteiger partial charge in [0.2, 0.25) is 0 Å². The molecule has 0 unspecified atom stereocenters. The summed E-state index contributed by atoms with van der Waals surface area (Å²) in [7, 11) is 0. The van der Waals surface area contributed by atoms with E-state index < -0.39 is 0 Å². The average Bonchev–Trinajstić information content (AvgIpc) is 2.46. The minimum Gasteiger partial charge on any atom is -0.409 e. The molecule has 2 aromatic carbocycles. The molecule has 0 heterocycles. The number of oxime groups is 1. The largest absolute Gasteiger partial charge is 0.409 e. The third-order valence-electron chi connectivity index (χ3n) is 2.79. The highest BCUT2D eigenvalue weighted by molar-refractivity contribution is 6.39. The number of nitrogens with one attached hydrogen (secondary N) is 1. The van der Waals surface area contributed by atoms with Gasteiger partial charge in [-0.2, -0.15) is 0 Å². The van der Waals surface area contributed by atoms with E-state index in [2.05, 4.69) is 10.5 Å². The number of hydrogen-bond acceptors (Lipinski definition) is 3. The van der Waals surface area contributed by atoms with Gasteiger partial charge in [-0.05, 0) is 17.7 Å². The van der Waals surface area contributed by atoms with Crippen molar-refractivity contribution in [3.05, 3.63) is 63.6 Å². The van der Waals surface area contributed by atoms with Gasteiger partial charge in [-0.15, -0.1) is 0 Å². The number of hydrogen-bond donors (Lipinski definition) is 3. The molecule has 0 atom stereocenters. The van der Waals surface area contributed by atoms with E-state index in [0.717, 1.165) is 5.56 Å². The first-order valence-electron chi connectivity index (χ1n) is 5.86. The SMILES string of the molecule is NC(=NO)c1ccc(CNc2c(Cl)cccc2Cl)cc1. The van der Waals surface area contributed by atoms with Gasteiger partial charge in [0, 0.05) is 12.1 Å². The molecule has 104 valence electrons. The maximum absolute atomic E-state index is 8.59. The van der Waals surface area contributed by atoms with E-state index in [4.69, 9.17) is 34.1 Å². The van der Waals surface area contributed by atoms with Crippen LogP contribution in [0.3, 0.4) is 0 Å². The Hall–Kier alpha value is -1.91. The van der Waals surface area contributed by atoms with Gasteiger partial charge in [-0.1, -0.05) is 58.7 Å². The Balaban J connectivity index is 2.08. The number of amidine groups is 1. The highest BCUT2D eigenvalue weighted by Gasteiger charge is 2.05. The molecule has 0 aromatic heterocycles. The number of rotatable bonds is 4. The fourth-order valence-corrected chi connectivity index (χ4v) is 2.24. The minimum atomic E-state index is 0.0821. The maximum atomic E-state index is 8.59. The van der Waals surface area contributed by atoms with Crippen LogP contribution in [0.2, 0.25) is 10.0 Å². The second-order valence-corrected chi connectivity index (χ2v) is 4.95. The fourth-order valence-electron chi connectivity index (χ4n) is 1.71. The number of halogens is 2. The summed E-state index contributed by atoms with van der Waals surface area (Å²) in [6.45, 7) is 0.569. The zero-order chi connectivity index (χ0) is 14.5. The van der Waals surface area contributed by atoms with Crippen molar-refractivity contribution >= 4 is 34.7 Å². The molecule has 4 N–H and O–H groups in total. The molecular formula is C14H13Cl2N3O. The number of nitrogens with zero attached hydrogens (tertiary/aromatic N) is 1. The van der Waals surface area contributed by atoms with Crippen LogP contribution in [0.4, 0.5) is 5.69 Å². The van der Waals surface area contributed by atoms with Crippen molar-refractivity contribution in [2.75, 3.05) is 5.32 Å². The Morgan fingerprint density at radius 1 is 1.10 bits per heavy atom. The zero-order valence-electron chi connectivity index (χ0n) is 10.5. The quantitative estimate of drug-likeness (QED) is 0.349. The van der Waals surface area contributed by atoms with Crippen LogP contribution in [-0.4, -0.2) is 11.0 Å². The van der Waals surface area contributed by atoms with Gasteiger partial charge < -0.3 is 16.3 Å². The minimum absolute atomic E-state index is 0.0821. The van der Waals surface area contributed by atoms with Crippen LogP contribution in [0.25, 0.3) is 0 Å². The van der Waals surface area contributed by atoms with E-state index in [9.17, 15) is 0 Å². The molecule has 0 fully saturated rings. The van der Waals surface area contributed by atoms with Crippen molar-refractivity contribution in [3.63, 3.8) is 0 Å². The van der Waals surface area contributed by atoms with Gasteiger partial charge >= 0.3 is 0 Å². The number of anilines is 1. The van der Waals surface area contributed by atoms with Crippen molar-refractivity contribution in [3.8, 4) is 0 Å². The summed E-state index contributed by atoms with van der Waals surface area (Å²) in [4.78, 5) is 0. The van der Waals surface area contributed by atoms with E-state index in [1.165, 1.54) is 0 Å². The van der Waals surface area contributed by atoms with Gasteiger partial charge in [0.25, 0.3) is 0 Å². The van der Waals surface area contributed by atoms with Gasteiger partial charge in [-0.25, -0.2) is 0 Å². The predicted molar refractivity (Wildman–Crippen MR) is 82.7 cm³/mol. The maximum Gasteiger partial charge on any atom is 0.170 e. The first kappa shape index (κ1) is 14.5. The second kappa shape index (κ2) is 6.50. The first-order valence-corrected chi connectivity index (χ1v) is 6.62. The van der Waals surface area contributed by atoms with Crippen molar-refractivity contribution < 1.29 is 5.21 Å². The van der Waals surface area contributed by atoms with E-state index >= 15 is 0 Å². The molecule has 0 saturated heterocycles. The highest BCUT2D eigenvalue weighted by atomic mass is 35.5. The third-order valence-corrected chi connectivity index (χ3v) is 3.42. The Kier molecular flexibility index (Phi) is 4.71. The summed E-state index contributed by atoms with van der Waals surface area (Å²) >= 11 is 12.1. The van der Waals surface area contributed by atoms with Gasteiger partial charge in [0.05, 0.1) is 15.7 Å². The smallest absolute Gasteiger partial charge is 0.170 e. The lowest BCUT2D eigenvalue weighted by Gasteiger charge is -2.10. The molecular weight excluding hydrogens is 297 g/mol. The normalized spacial score (nSPS) is 11.4. The molecule has 0 aliphatic rings. The zero-order valence-corrected chi connectivity index (χ0v) is 12.0. The van der Waals surface area contributed by atoms with Gasteiger partial charge in [0.1, 0.15) is 0 Å². The van der Waals surface area contributed by atoms with Crippen molar-refractivity contribution in [2.24, 2.45) is 10.9 Å². The molecule has 0 amide bonds. The lowest BCUT2D eigenvalue weighted by molar-refractivity contribution is 0.318. The summed E-state index contributed by atoms with van der Waals surface area (Å²) in [5.41, 5.74) is 7.89. The van der Waals surface area contributed by atoms with Crippen LogP contribution in [-0.2, 0) is 6.54 Å². The molecule has 0 aliphatic carbocycles. The van der Waals surface area contributed by atoms with Gasteiger partial charge in [-0.3, -0.25) is 0 Å². The number of nitrogens with two attached hydrogens (primary N) is 1. The molecule has 0 radical (unpaired) electrons. The average molecular weight is 310 g/mol. The van der Waals surface area contributed by atoms with Crippen molar-refractivity contribution in [1.82, 2.24) is 0 Å². The molecule has 0 saturated carbocycles. The molecule has 20 heavy (non-hydrogen) atoms. The van der Waals surface area contributed by atoms with Crippen LogP contribution in [0, 0.1) is 0 Å². The molecule has 0 aliphatic heterocycles. The Morgan fingerprint density at radius 2 is 1.70 bits per heavy atom. The summed E-state index contributed by atoms with van der Waals surface area (Å²) in [5.74, 6) is 0.0821. The second-order valence-electron chi connectivity index (χ2n) is 4.13. The van der Waals surface area contributed by atoms with Crippen LogP contribution in [0.15, 0.2) is 47.6 Å². The van der Waals surface area contributed by atoms with E-state index in [-0.39, 0.29) is 5.84 Å². The summed E-state index contributed by atoms with van der Waals surface area (Å²) in [5, 5.41) is 15.9. The van der Waals surface area contributed by atoms with Crippen LogP contribution in [0.5, 0.6) is 0 Å². The number of benzene rings is 2. The third kappa shape index (κ3) is 3.35. The lowest BCUT2D eigenvalue weighted by Crippen LogP contribution is -2.13. The summed E-state index contributed by atoms with van der Waals surface area (Å²) in [6, 6.07) is 12.7. The van der Waals surface area contributed by atoms with Gasteiger partial charge in [0.15, 0.2) is 5.84 Å². The molecule has 6 heteroatoms. The first-order chi connectivity index (χ1) is 9.61. The summed E-state index contributed by atoms with van der Waals surface area (Å²) in [6.07, 6.45) is 0. The van der Waals surface area contributed by atoms with E-state index in [1.807, 2.05) is 12.1 Å². The van der Waals surface area contributed by atoms with Crippen LogP contribution >= 0.6 is 23.2 Å². The molecule has 4 nitrogen and oxygen atoms in total. The standard InChI is InChI=1S/C14H13Cl2N3O/c15-11-2-1-3-12(16)13(11)18-8-9-4-6-10(7-5-9)14(17)19-20/h1-7,18,20H,8H2,(H2,17,19). The molecule has 0 bridgehead atoms. The van der Waals surface area contributed by atoms with E-state index in [1.54, 1.807) is 30.3 Å². The van der Waals surface area contributed by atoms with Crippen LogP contribution < -0.4 is 11.1 Å². The highest BCUT2D eigenvalue weighted by Crippen LogP contribution is 2.30. The molecule has 2 aromatic rings. The Morgan fingerprint density at radius 3 is 2.25 bits per heavy atom. The lowest BCUT2D eigenvalue weighted by atomic mass is 10.1.